The number of benzene rings is 1. The van der Waals surface area contributed by atoms with E-state index in [0.717, 1.165) is 22.5 Å². The van der Waals surface area contributed by atoms with Crippen molar-refractivity contribution < 1.29 is 4.42 Å². The molecule has 1 N–H and O–H groups in total. The summed E-state index contributed by atoms with van der Waals surface area (Å²) in [6.45, 7) is 2.86. The molecule has 0 atom stereocenters. The van der Waals surface area contributed by atoms with Gasteiger partial charge in [0, 0.05) is 5.69 Å². The first kappa shape index (κ1) is 11.3. The summed E-state index contributed by atoms with van der Waals surface area (Å²) < 4.78 is 6.17. The Morgan fingerprint density at radius 1 is 1.12 bits per heavy atom. The van der Waals surface area contributed by atoms with Crippen LogP contribution in [0.15, 0.2) is 45.5 Å². The van der Waals surface area contributed by atoms with Crippen molar-refractivity contribution in [3.05, 3.63) is 52.4 Å². The van der Waals surface area contributed by atoms with Gasteiger partial charge in [0.15, 0.2) is 4.67 Å². The predicted molar refractivity (Wildman–Crippen MR) is 69.6 cm³/mol. The van der Waals surface area contributed by atoms with Crippen molar-refractivity contribution in [3.63, 3.8) is 0 Å². The van der Waals surface area contributed by atoms with Gasteiger partial charge in [-0.05, 0) is 52.2 Å². The standard InChI is InChI=1S/C13H14BrNO/c1-2-10-3-5-11(6-4-10)15-9-12-7-8-13(14)16-12/h3-8,15H,2,9H2,1H3. The number of rotatable bonds is 4. The number of hydrogen-bond donors (Lipinski definition) is 1. The summed E-state index contributed by atoms with van der Waals surface area (Å²) in [7, 11) is 0. The summed E-state index contributed by atoms with van der Waals surface area (Å²) in [6.07, 6.45) is 1.07. The first-order chi connectivity index (χ1) is 7.78. The lowest BCUT2D eigenvalue weighted by Gasteiger charge is -2.05. The maximum atomic E-state index is 5.40. The van der Waals surface area contributed by atoms with E-state index in [1.807, 2.05) is 12.1 Å². The van der Waals surface area contributed by atoms with E-state index in [4.69, 9.17) is 4.42 Å². The van der Waals surface area contributed by atoms with Crippen LogP contribution in [0.25, 0.3) is 0 Å². The Labute approximate surface area is 104 Å². The summed E-state index contributed by atoms with van der Waals surface area (Å²) in [5.41, 5.74) is 2.47. The molecule has 3 heteroatoms. The maximum Gasteiger partial charge on any atom is 0.169 e. The second kappa shape index (κ2) is 5.21. The van der Waals surface area contributed by atoms with E-state index in [2.05, 4.69) is 52.4 Å². The van der Waals surface area contributed by atoms with E-state index < -0.39 is 0 Å². The Hall–Kier alpha value is -1.22. The first-order valence-corrected chi connectivity index (χ1v) is 6.14. The van der Waals surface area contributed by atoms with E-state index in [-0.39, 0.29) is 0 Å². The highest BCUT2D eigenvalue weighted by Gasteiger charge is 1.99. The molecule has 0 aliphatic rings. The largest absolute Gasteiger partial charge is 0.452 e. The lowest BCUT2D eigenvalue weighted by molar-refractivity contribution is 0.495. The van der Waals surface area contributed by atoms with E-state index >= 15 is 0 Å². The van der Waals surface area contributed by atoms with Crippen molar-refractivity contribution in [3.8, 4) is 0 Å². The number of aryl methyl sites for hydroxylation is 1. The number of nitrogens with one attached hydrogen (secondary N) is 1. The molecule has 0 radical (unpaired) electrons. The van der Waals surface area contributed by atoms with Crippen LogP contribution in [0, 0.1) is 0 Å². The molecule has 84 valence electrons. The van der Waals surface area contributed by atoms with E-state index in [9.17, 15) is 0 Å². The summed E-state index contributed by atoms with van der Waals surface area (Å²) in [6, 6.07) is 12.3. The fourth-order valence-electron chi connectivity index (χ4n) is 1.49. The van der Waals surface area contributed by atoms with Crippen LogP contribution in [-0.2, 0) is 13.0 Å². The van der Waals surface area contributed by atoms with Gasteiger partial charge in [-0.1, -0.05) is 19.1 Å². The Bertz CT molecular complexity index is 447. The van der Waals surface area contributed by atoms with Gasteiger partial charge in [-0.15, -0.1) is 0 Å². The molecule has 2 aromatic rings. The van der Waals surface area contributed by atoms with Crippen molar-refractivity contribution >= 4 is 21.6 Å². The molecule has 16 heavy (non-hydrogen) atoms. The van der Waals surface area contributed by atoms with E-state index in [0.29, 0.717) is 6.54 Å². The van der Waals surface area contributed by atoms with Gasteiger partial charge in [0.05, 0.1) is 6.54 Å². The van der Waals surface area contributed by atoms with Crippen LogP contribution in [0.1, 0.15) is 18.2 Å². The Kier molecular flexibility index (Phi) is 3.67. The molecule has 0 aliphatic heterocycles. The highest BCUT2D eigenvalue weighted by Crippen LogP contribution is 2.16. The zero-order chi connectivity index (χ0) is 11.4. The van der Waals surface area contributed by atoms with E-state index in [1.165, 1.54) is 5.56 Å². The van der Waals surface area contributed by atoms with Gasteiger partial charge in [-0.25, -0.2) is 0 Å². The maximum absolute atomic E-state index is 5.40. The molecule has 0 saturated heterocycles. The summed E-state index contributed by atoms with van der Waals surface area (Å²) in [4.78, 5) is 0. The highest BCUT2D eigenvalue weighted by atomic mass is 79.9. The lowest BCUT2D eigenvalue weighted by Crippen LogP contribution is -1.97. The summed E-state index contributed by atoms with van der Waals surface area (Å²) >= 11 is 3.28. The molecule has 0 spiro atoms. The molecular weight excluding hydrogens is 266 g/mol. The molecule has 1 aromatic carbocycles. The van der Waals surface area contributed by atoms with Crippen LogP contribution < -0.4 is 5.32 Å². The van der Waals surface area contributed by atoms with Crippen molar-refractivity contribution in [2.45, 2.75) is 19.9 Å². The zero-order valence-electron chi connectivity index (χ0n) is 9.16. The third-order valence-corrected chi connectivity index (χ3v) is 2.88. The molecule has 2 rings (SSSR count). The molecule has 0 aliphatic carbocycles. The van der Waals surface area contributed by atoms with Crippen molar-refractivity contribution in [1.82, 2.24) is 0 Å². The number of hydrogen-bond acceptors (Lipinski definition) is 2. The molecule has 1 heterocycles. The zero-order valence-corrected chi connectivity index (χ0v) is 10.8. The predicted octanol–water partition coefficient (Wildman–Crippen LogP) is 4.22. The second-order valence-electron chi connectivity index (χ2n) is 3.61. The number of furan rings is 1. The molecule has 1 aromatic heterocycles. The Balaban J connectivity index is 1.94. The van der Waals surface area contributed by atoms with Crippen LogP contribution in [-0.4, -0.2) is 0 Å². The summed E-state index contributed by atoms with van der Waals surface area (Å²) in [5, 5.41) is 3.31. The minimum atomic E-state index is 0.705. The normalized spacial score (nSPS) is 10.4. The van der Waals surface area contributed by atoms with Crippen LogP contribution in [0.5, 0.6) is 0 Å². The SMILES string of the molecule is CCc1ccc(NCc2ccc(Br)o2)cc1. The second-order valence-corrected chi connectivity index (χ2v) is 4.39. The van der Waals surface area contributed by atoms with Gasteiger partial charge in [0.1, 0.15) is 5.76 Å². The lowest BCUT2D eigenvalue weighted by atomic mass is 10.1. The van der Waals surface area contributed by atoms with Gasteiger partial charge in [0.25, 0.3) is 0 Å². The average molecular weight is 280 g/mol. The van der Waals surface area contributed by atoms with Crippen LogP contribution in [0.4, 0.5) is 5.69 Å². The summed E-state index contributed by atoms with van der Waals surface area (Å²) in [5.74, 6) is 0.923. The molecule has 2 nitrogen and oxygen atoms in total. The third-order valence-electron chi connectivity index (χ3n) is 2.46. The van der Waals surface area contributed by atoms with Gasteiger partial charge in [0.2, 0.25) is 0 Å². The minimum Gasteiger partial charge on any atom is -0.452 e. The van der Waals surface area contributed by atoms with Crippen molar-refractivity contribution in [2.75, 3.05) is 5.32 Å². The fraction of sp³-hybridized carbons (Fsp3) is 0.231. The number of halogens is 1. The fourth-order valence-corrected chi connectivity index (χ4v) is 1.83. The minimum absolute atomic E-state index is 0.705. The Morgan fingerprint density at radius 3 is 2.44 bits per heavy atom. The third kappa shape index (κ3) is 2.89. The van der Waals surface area contributed by atoms with Gasteiger partial charge in [-0.3, -0.25) is 0 Å². The quantitative estimate of drug-likeness (QED) is 0.907. The molecular formula is C13H14BrNO. The molecule has 0 unspecified atom stereocenters. The van der Waals surface area contributed by atoms with Crippen LogP contribution >= 0.6 is 15.9 Å². The van der Waals surface area contributed by atoms with Crippen molar-refractivity contribution in [1.29, 1.82) is 0 Å². The van der Waals surface area contributed by atoms with E-state index in [1.54, 1.807) is 0 Å². The number of anilines is 1. The average Bonchev–Trinajstić information content (AvgIpc) is 2.73. The molecule has 0 fully saturated rings. The molecule has 0 bridgehead atoms. The topological polar surface area (TPSA) is 25.2 Å². The molecule has 0 amide bonds. The first-order valence-electron chi connectivity index (χ1n) is 5.35. The smallest absolute Gasteiger partial charge is 0.169 e. The van der Waals surface area contributed by atoms with Crippen LogP contribution in [0.2, 0.25) is 0 Å². The van der Waals surface area contributed by atoms with Crippen molar-refractivity contribution in [2.24, 2.45) is 0 Å². The Morgan fingerprint density at radius 2 is 1.88 bits per heavy atom. The highest BCUT2D eigenvalue weighted by molar-refractivity contribution is 9.10. The van der Waals surface area contributed by atoms with Gasteiger partial charge in [-0.2, -0.15) is 0 Å². The monoisotopic (exact) mass is 279 g/mol. The van der Waals surface area contributed by atoms with Crippen LogP contribution in [0.3, 0.4) is 0 Å². The molecule has 0 saturated carbocycles. The van der Waals surface area contributed by atoms with Gasteiger partial charge >= 0.3 is 0 Å². The van der Waals surface area contributed by atoms with Gasteiger partial charge < -0.3 is 9.73 Å².